The van der Waals surface area contributed by atoms with Crippen LogP contribution in [0.1, 0.15) is 26.7 Å². The lowest BCUT2D eigenvalue weighted by Gasteiger charge is -2.13. The monoisotopic (exact) mass is 297 g/mol. The van der Waals surface area contributed by atoms with Gasteiger partial charge in [0.25, 0.3) is 0 Å². The molecule has 0 fully saturated rings. The molecule has 0 radical (unpaired) electrons. The van der Waals surface area contributed by atoms with E-state index < -0.39 is 0 Å². The Balaban J connectivity index is 2.84. The van der Waals surface area contributed by atoms with Crippen LogP contribution in [-0.2, 0) is 9.59 Å². The molecule has 0 heterocycles. The molecule has 0 atom stereocenters. The quantitative estimate of drug-likeness (QED) is 0.754. The van der Waals surface area contributed by atoms with Crippen LogP contribution in [0.25, 0.3) is 0 Å². The van der Waals surface area contributed by atoms with Crippen molar-refractivity contribution < 1.29 is 9.59 Å². The van der Waals surface area contributed by atoms with E-state index >= 15 is 0 Å². The smallest absolute Gasteiger partial charge is 0.225 e. The number of benzene rings is 1. The van der Waals surface area contributed by atoms with E-state index in [9.17, 15) is 9.59 Å². The summed E-state index contributed by atoms with van der Waals surface area (Å²) in [6, 6.07) is 4.92. The minimum absolute atomic E-state index is 0.100. The van der Waals surface area contributed by atoms with Gasteiger partial charge in [-0.2, -0.15) is 0 Å². The summed E-state index contributed by atoms with van der Waals surface area (Å²) >= 11 is 5.91. The first-order chi connectivity index (χ1) is 9.42. The summed E-state index contributed by atoms with van der Waals surface area (Å²) in [6.45, 7) is 4.19. The van der Waals surface area contributed by atoms with Gasteiger partial charge in [-0.25, -0.2) is 0 Å². The van der Waals surface area contributed by atoms with Gasteiger partial charge in [0.2, 0.25) is 11.8 Å². The molecule has 0 saturated heterocycles. The number of halogens is 1. The van der Waals surface area contributed by atoms with E-state index in [-0.39, 0.29) is 30.7 Å². The predicted octanol–water partition coefficient (Wildman–Crippen LogP) is 2.61. The summed E-state index contributed by atoms with van der Waals surface area (Å²) in [5.74, 6) is -0.0525. The topological polar surface area (TPSA) is 84.2 Å². The van der Waals surface area contributed by atoms with Crippen LogP contribution in [0.15, 0.2) is 18.2 Å². The fourth-order valence-corrected chi connectivity index (χ4v) is 1.82. The number of nitrogens with two attached hydrogens (primary N) is 1. The van der Waals surface area contributed by atoms with Crippen LogP contribution in [0.5, 0.6) is 0 Å². The molecule has 0 unspecified atom stereocenters. The summed E-state index contributed by atoms with van der Waals surface area (Å²) < 4.78 is 0. The number of hydrogen-bond acceptors (Lipinski definition) is 3. The average molecular weight is 298 g/mol. The van der Waals surface area contributed by atoms with Crippen molar-refractivity contribution in [3.05, 3.63) is 23.2 Å². The third-order valence-electron chi connectivity index (χ3n) is 2.49. The third kappa shape index (κ3) is 5.59. The van der Waals surface area contributed by atoms with Gasteiger partial charge in [-0.3, -0.25) is 9.59 Å². The largest absolute Gasteiger partial charge is 0.330 e. The van der Waals surface area contributed by atoms with Crippen molar-refractivity contribution >= 4 is 34.8 Å². The summed E-state index contributed by atoms with van der Waals surface area (Å²) in [4.78, 5) is 23.4. The number of rotatable bonds is 6. The van der Waals surface area contributed by atoms with Crippen LogP contribution in [0.4, 0.5) is 11.4 Å². The number of carbonyl (C=O) groups excluding carboxylic acids is 2. The highest BCUT2D eigenvalue weighted by molar-refractivity contribution is 6.31. The van der Waals surface area contributed by atoms with Crippen molar-refractivity contribution in [2.24, 2.45) is 11.7 Å². The molecule has 1 aromatic carbocycles. The maximum atomic E-state index is 11.8. The van der Waals surface area contributed by atoms with Crippen molar-refractivity contribution in [2.75, 3.05) is 17.2 Å². The first kappa shape index (κ1) is 16.5. The zero-order valence-corrected chi connectivity index (χ0v) is 12.5. The standard InChI is InChI=1S/C14H20ClN3O2/c1-9(2)7-14(20)17-11-4-3-10(15)8-12(11)18-13(19)5-6-16/h3-4,8-9H,5-7,16H2,1-2H3,(H,17,20)(H,18,19). The highest BCUT2D eigenvalue weighted by Gasteiger charge is 2.11. The number of amides is 2. The van der Waals surface area contributed by atoms with Gasteiger partial charge < -0.3 is 16.4 Å². The van der Waals surface area contributed by atoms with Gasteiger partial charge >= 0.3 is 0 Å². The molecule has 0 saturated carbocycles. The van der Waals surface area contributed by atoms with E-state index in [1.54, 1.807) is 18.2 Å². The lowest BCUT2D eigenvalue weighted by atomic mass is 10.1. The van der Waals surface area contributed by atoms with E-state index in [0.717, 1.165) is 0 Å². The lowest BCUT2D eigenvalue weighted by molar-refractivity contribution is -0.117. The maximum absolute atomic E-state index is 11.8. The summed E-state index contributed by atoms with van der Waals surface area (Å²) in [7, 11) is 0. The molecule has 0 aliphatic carbocycles. The van der Waals surface area contributed by atoms with Gasteiger partial charge in [0.05, 0.1) is 11.4 Å². The van der Waals surface area contributed by atoms with Gasteiger partial charge in [-0.1, -0.05) is 25.4 Å². The average Bonchev–Trinajstić information content (AvgIpc) is 2.32. The molecule has 110 valence electrons. The maximum Gasteiger partial charge on any atom is 0.225 e. The van der Waals surface area contributed by atoms with Crippen LogP contribution < -0.4 is 16.4 Å². The van der Waals surface area contributed by atoms with Crippen LogP contribution >= 0.6 is 11.6 Å². The first-order valence-corrected chi connectivity index (χ1v) is 6.89. The van der Waals surface area contributed by atoms with Crippen molar-refractivity contribution in [2.45, 2.75) is 26.7 Å². The SMILES string of the molecule is CC(C)CC(=O)Nc1ccc(Cl)cc1NC(=O)CCN. The molecule has 4 N–H and O–H groups in total. The minimum Gasteiger partial charge on any atom is -0.330 e. The number of anilines is 2. The second kappa shape index (κ2) is 7.87. The summed E-state index contributed by atoms with van der Waals surface area (Å²) in [5.41, 5.74) is 6.34. The van der Waals surface area contributed by atoms with E-state index in [0.29, 0.717) is 22.8 Å². The molecule has 1 rings (SSSR count). The molecule has 0 aliphatic heterocycles. The fourth-order valence-electron chi connectivity index (χ4n) is 1.64. The van der Waals surface area contributed by atoms with Crippen molar-refractivity contribution in [3.8, 4) is 0 Å². The molecular formula is C14H20ClN3O2. The Morgan fingerprint density at radius 1 is 1.20 bits per heavy atom. The summed E-state index contributed by atoms with van der Waals surface area (Å²) in [5, 5.41) is 5.95. The van der Waals surface area contributed by atoms with E-state index in [4.69, 9.17) is 17.3 Å². The predicted molar refractivity (Wildman–Crippen MR) is 81.8 cm³/mol. The van der Waals surface area contributed by atoms with Gasteiger partial charge in [0, 0.05) is 24.4 Å². The second-order valence-electron chi connectivity index (χ2n) is 4.92. The Hall–Kier alpha value is -1.59. The number of nitrogens with one attached hydrogen (secondary N) is 2. The normalized spacial score (nSPS) is 10.4. The molecule has 20 heavy (non-hydrogen) atoms. The Morgan fingerprint density at radius 2 is 1.85 bits per heavy atom. The third-order valence-corrected chi connectivity index (χ3v) is 2.73. The van der Waals surface area contributed by atoms with E-state index in [1.165, 1.54) is 0 Å². The Bertz CT molecular complexity index is 489. The Morgan fingerprint density at radius 3 is 2.45 bits per heavy atom. The lowest BCUT2D eigenvalue weighted by Crippen LogP contribution is -2.19. The Kier molecular flexibility index (Phi) is 6.48. The highest BCUT2D eigenvalue weighted by Crippen LogP contribution is 2.26. The highest BCUT2D eigenvalue weighted by atomic mass is 35.5. The van der Waals surface area contributed by atoms with E-state index in [2.05, 4.69) is 10.6 Å². The van der Waals surface area contributed by atoms with E-state index in [1.807, 2.05) is 13.8 Å². The van der Waals surface area contributed by atoms with Crippen LogP contribution in [0.2, 0.25) is 5.02 Å². The molecule has 6 heteroatoms. The fraction of sp³-hybridized carbons (Fsp3) is 0.429. The molecule has 5 nitrogen and oxygen atoms in total. The van der Waals surface area contributed by atoms with Gasteiger partial charge in [-0.05, 0) is 24.1 Å². The van der Waals surface area contributed by atoms with Crippen molar-refractivity contribution in [1.82, 2.24) is 0 Å². The Labute approximate surface area is 123 Å². The molecular weight excluding hydrogens is 278 g/mol. The summed E-state index contributed by atoms with van der Waals surface area (Å²) in [6.07, 6.45) is 0.630. The minimum atomic E-state index is -0.214. The van der Waals surface area contributed by atoms with Crippen LogP contribution in [0.3, 0.4) is 0 Å². The second-order valence-corrected chi connectivity index (χ2v) is 5.36. The molecule has 0 aromatic heterocycles. The molecule has 1 aromatic rings. The first-order valence-electron chi connectivity index (χ1n) is 6.51. The van der Waals surface area contributed by atoms with Crippen molar-refractivity contribution in [1.29, 1.82) is 0 Å². The molecule has 2 amide bonds. The number of carbonyl (C=O) groups is 2. The molecule has 0 spiro atoms. The molecule has 0 bridgehead atoms. The zero-order valence-electron chi connectivity index (χ0n) is 11.7. The van der Waals surface area contributed by atoms with Crippen LogP contribution in [0, 0.1) is 5.92 Å². The van der Waals surface area contributed by atoms with Gasteiger partial charge in [-0.15, -0.1) is 0 Å². The van der Waals surface area contributed by atoms with Gasteiger partial charge in [0.15, 0.2) is 0 Å². The van der Waals surface area contributed by atoms with Crippen molar-refractivity contribution in [3.63, 3.8) is 0 Å². The van der Waals surface area contributed by atoms with Crippen LogP contribution in [-0.4, -0.2) is 18.4 Å². The molecule has 0 aliphatic rings. The zero-order chi connectivity index (χ0) is 15.1. The van der Waals surface area contributed by atoms with Gasteiger partial charge in [0.1, 0.15) is 0 Å². The number of hydrogen-bond donors (Lipinski definition) is 3.